The highest BCUT2D eigenvalue weighted by Crippen LogP contribution is 2.39. The topological polar surface area (TPSA) is 102 Å². The Bertz CT molecular complexity index is 1720. The summed E-state index contributed by atoms with van der Waals surface area (Å²) in [5.74, 6) is -0.907. The molecule has 0 aliphatic rings. The summed E-state index contributed by atoms with van der Waals surface area (Å²) in [5, 5.41) is 8.64. The molecule has 3 aromatic heterocycles. The van der Waals surface area contributed by atoms with Gasteiger partial charge in [-0.25, -0.2) is 13.8 Å². The summed E-state index contributed by atoms with van der Waals surface area (Å²) in [6.45, 7) is 3.01. The number of nitrogens with one attached hydrogen (secondary N) is 3. The highest BCUT2D eigenvalue weighted by Gasteiger charge is 2.15. The standard InChI is InChI=1S/C30H28F2N6O3S2/c1-40-13-11-33-10-12-38-17-24(35-18-38)27-16-23-29(43-27)26(8-9-34-23)41-25-7-6-21(15-22(25)32)36-30(42)37-28(39)14-19-2-4-20(31)5-3-19/h2-9,15-18,33H,10-14H2,1H3,(H2,36,37,39,42). The van der Waals surface area contributed by atoms with Gasteiger partial charge in [-0.15, -0.1) is 11.3 Å². The Morgan fingerprint density at radius 3 is 2.67 bits per heavy atom. The summed E-state index contributed by atoms with van der Waals surface area (Å²) in [6.07, 6.45) is 5.39. The first-order chi connectivity index (χ1) is 20.9. The summed E-state index contributed by atoms with van der Waals surface area (Å²) >= 11 is 6.65. The number of hydrogen-bond donors (Lipinski definition) is 3. The Morgan fingerprint density at radius 1 is 1.05 bits per heavy atom. The van der Waals surface area contributed by atoms with Gasteiger partial charge in [0.05, 0.1) is 40.1 Å². The van der Waals surface area contributed by atoms with Gasteiger partial charge in [0.2, 0.25) is 5.91 Å². The van der Waals surface area contributed by atoms with Crippen LogP contribution in [0, 0.1) is 11.6 Å². The van der Waals surface area contributed by atoms with Gasteiger partial charge in [0.1, 0.15) is 11.6 Å². The van der Waals surface area contributed by atoms with Gasteiger partial charge in [-0.3, -0.25) is 9.78 Å². The van der Waals surface area contributed by atoms with Gasteiger partial charge < -0.3 is 30.0 Å². The van der Waals surface area contributed by atoms with E-state index in [0.29, 0.717) is 29.1 Å². The van der Waals surface area contributed by atoms with Gasteiger partial charge in [0, 0.05) is 57.0 Å². The number of ether oxygens (including phenoxy) is 2. The molecule has 13 heteroatoms. The molecule has 3 heterocycles. The number of hydrogen-bond acceptors (Lipinski definition) is 8. The zero-order chi connectivity index (χ0) is 30.2. The van der Waals surface area contributed by atoms with Crippen LogP contribution in [0.15, 0.2) is 73.3 Å². The van der Waals surface area contributed by atoms with Gasteiger partial charge in [-0.1, -0.05) is 12.1 Å². The number of carbonyl (C=O) groups is 1. The molecule has 0 saturated carbocycles. The lowest BCUT2D eigenvalue weighted by atomic mass is 10.1. The van der Waals surface area contributed by atoms with Crippen molar-refractivity contribution in [2.75, 3.05) is 32.1 Å². The molecule has 5 rings (SSSR count). The zero-order valence-electron chi connectivity index (χ0n) is 23.1. The molecule has 0 fully saturated rings. The van der Waals surface area contributed by atoms with Crippen LogP contribution in [0.3, 0.4) is 0 Å². The second-order valence-electron chi connectivity index (χ2n) is 9.43. The fourth-order valence-electron chi connectivity index (χ4n) is 4.14. The van der Waals surface area contributed by atoms with Crippen LogP contribution in [-0.4, -0.2) is 52.4 Å². The molecule has 9 nitrogen and oxygen atoms in total. The second kappa shape index (κ2) is 14.2. The lowest BCUT2D eigenvalue weighted by Crippen LogP contribution is -2.35. The van der Waals surface area contributed by atoms with Crippen LogP contribution in [0.25, 0.3) is 20.8 Å². The van der Waals surface area contributed by atoms with E-state index in [1.54, 1.807) is 31.8 Å². The number of methoxy groups -OCH3 is 1. The van der Waals surface area contributed by atoms with Crippen molar-refractivity contribution in [3.05, 3.63) is 90.5 Å². The van der Waals surface area contributed by atoms with Crippen molar-refractivity contribution >= 4 is 50.5 Å². The number of nitrogens with zero attached hydrogens (tertiary/aromatic N) is 3. The molecule has 0 unspecified atom stereocenters. The number of benzene rings is 2. The van der Waals surface area contributed by atoms with Gasteiger partial charge in [-0.2, -0.15) is 0 Å². The molecule has 43 heavy (non-hydrogen) atoms. The third kappa shape index (κ3) is 8.17. The zero-order valence-corrected chi connectivity index (χ0v) is 24.7. The number of anilines is 1. The number of rotatable bonds is 12. The lowest BCUT2D eigenvalue weighted by Gasteiger charge is -2.12. The Morgan fingerprint density at radius 2 is 1.88 bits per heavy atom. The van der Waals surface area contributed by atoms with Gasteiger partial charge >= 0.3 is 0 Å². The Hall–Kier alpha value is -4.30. The normalized spacial score (nSPS) is 11.0. The number of fused-ring (bicyclic) bond motifs is 1. The van der Waals surface area contributed by atoms with Gasteiger partial charge in [-0.05, 0) is 48.1 Å². The molecule has 1 amide bonds. The van der Waals surface area contributed by atoms with Crippen LogP contribution in [0.5, 0.6) is 11.5 Å². The molecular weight excluding hydrogens is 594 g/mol. The fraction of sp³-hybridized carbons (Fsp3) is 0.200. The van der Waals surface area contributed by atoms with Crippen molar-refractivity contribution in [2.24, 2.45) is 0 Å². The molecule has 0 saturated heterocycles. The fourth-order valence-corrected chi connectivity index (χ4v) is 5.40. The smallest absolute Gasteiger partial charge is 0.230 e. The molecule has 0 aliphatic heterocycles. The number of imidazole rings is 1. The Kier molecular flexibility index (Phi) is 10.00. The third-order valence-corrected chi connectivity index (χ3v) is 7.60. The predicted octanol–water partition coefficient (Wildman–Crippen LogP) is 5.52. The summed E-state index contributed by atoms with van der Waals surface area (Å²) in [6, 6.07) is 13.5. The molecule has 222 valence electrons. The van der Waals surface area contributed by atoms with Crippen LogP contribution >= 0.6 is 23.6 Å². The summed E-state index contributed by atoms with van der Waals surface area (Å²) in [5.41, 5.74) is 2.50. The first-order valence-electron chi connectivity index (χ1n) is 13.3. The quantitative estimate of drug-likeness (QED) is 0.124. The molecule has 3 N–H and O–H groups in total. The summed E-state index contributed by atoms with van der Waals surface area (Å²) in [4.78, 5) is 22.1. The first-order valence-corrected chi connectivity index (χ1v) is 14.5. The Balaban J connectivity index is 1.20. The highest BCUT2D eigenvalue weighted by molar-refractivity contribution is 7.80. The molecule has 0 bridgehead atoms. The molecule has 0 spiro atoms. The van der Waals surface area contributed by atoms with Crippen LogP contribution in [0.2, 0.25) is 0 Å². The number of thiocarbonyl (C=S) groups is 1. The second-order valence-corrected chi connectivity index (χ2v) is 10.9. The lowest BCUT2D eigenvalue weighted by molar-refractivity contribution is -0.119. The molecule has 5 aromatic rings. The van der Waals surface area contributed by atoms with Crippen LogP contribution in [0.1, 0.15) is 5.56 Å². The molecule has 0 radical (unpaired) electrons. The highest BCUT2D eigenvalue weighted by atomic mass is 32.1. The van der Waals surface area contributed by atoms with Crippen molar-refractivity contribution < 1.29 is 23.0 Å². The number of aromatic nitrogens is 3. The third-order valence-electron chi connectivity index (χ3n) is 6.23. The SMILES string of the molecule is COCCNCCn1cnc(-c2cc3nccc(Oc4ccc(NC(=S)NC(=O)Cc5ccc(F)cc5)cc4F)c3s2)c1. The largest absolute Gasteiger partial charge is 0.453 e. The minimum absolute atomic E-state index is 0.00642. The van der Waals surface area contributed by atoms with E-state index in [-0.39, 0.29) is 29.0 Å². The van der Waals surface area contributed by atoms with Crippen molar-refractivity contribution in [1.29, 1.82) is 0 Å². The van der Waals surface area contributed by atoms with Crippen molar-refractivity contribution in [3.8, 4) is 22.1 Å². The molecule has 0 aliphatic carbocycles. The van der Waals surface area contributed by atoms with Gasteiger partial charge in [0.15, 0.2) is 16.7 Å². The number of carbonyl (C=O) groups excluding carboxylic acids is 1. The van der Waals surface area contributed by atoms with E-state index in [1.807, 2.05) is 16.8 Å². The maximum atomic E-state index is 15.0. The number of pyridine rings is 1. The maximum absolute atomic E-state index is 15.0. The minimum Gasteiger partial charge on any atom is -0.453 e. The average Bonchev–Trinajstić information content (AvgIpc) is 3.63. The molecule has 0 atom stereocenters. The minimum atomic E-state index is -0.620. The maximum Gasteiger partial charge on any atom is 0.230 e. The van der Waals surface area contributed by atoms with Gasteiger partial charge in [0.25, 0.3) is 0 Å². The van der Waals surface area contributed by atoms with Crippen LogP contribution in [0.4, 0.5) is 14.5 Å². The van der Waals surface area contributed by atoms with Crippen LogP contribution in [-0.2, 0) is 22.5 Å². The van der Waals surface area contributed by atoms with E-state index < -0.39 is 5.82 Å². The predicted molar refractivity (Wildman–Crippen MR) is 167 cm³/mol. The number of thiophene rings is 1. The van der Waals surface area contributed by atoms with E-state index in [2.05, 4.69) is 25.9 Å². The van der Waals surface area contributed by atoms with E-state index >= 15 is 4.39 Å². The van der Waals surface area contributed by atoms with E-state index in [9.17, 15) is 9.18 Å². The van der Waals surface area contributed by atoms with E-state index in [0.717, 1.165) is 34.9 Å². The Labute approximate surface area is 255 Å². The summed E-state index contributed by atoms with van der Waals surface area (Å²) in [7, 11) is 1.67. The number of halogens is 2. The average molecular weight is 623 g/mol. The van der Waals surface area contributed by atoms with Crippen molar-refractivity contribution in [3.63, 3.8) is 0 Å². The molecular formula is C30H28F2N6O3S2. The molecule has 2 aromatic carbocycles. The number of amides is 1. The monoisotopic (exact) mass is 622 g/mol. The van der Waals surface area contributed by atoms with Crippen molar-refractivity contribution in [1.82, 2.24) is 25.2 Å². The van der Waals surface area contributed by atoms with Crippen LogP contribution < -0.4 is 20.7 Å². The van der Waals surface area contributed by atoms with E-state index in [4.69, 9.17) is 21.7 Å². The van der Waals surface area contributed by atoms with E-state index in [1.165, 1.54) is 47.7 Å². The van der Waals surface area contributed by atoms with Crippen molar-refractivity contribution in [2.45, 2.75) is 13.0 Å². The summed E-state index contributed by atoms with van der Waals surface area (Å²) < 4.78 is 41.9. The first kappa shape index (κ1) is 30.2.